The summed E-state index contributed by atoms with van der Waals surface area (Å²) in [6, 6.07) is 0. The van der Waals surface area contributed by atoms with Gasteiger partial charge in [0.05, 0.1) is 11.7 Å². The molecule has 14 heavy (non-hydrogen) atoms. The molecule has 0 saturated carbocycles. The first kappa shape index (κ1) is 12.0. The Kier molecular flexibility index (Phi) is 4.39. The summed E-state index contributed by atoms with van der Waals surface area (Å²) in [5.74, 6) is 0.669. The van der Waals surface area contributed by atoms with E-state index < -0.39 is 0 Å². The lowest BCUT2D eigenvalue weighted by Gasteiger charge is -2.41. The lowest BCUT2D eigenvalue weighted by molar-refractivity contribution is -0.117. The number of rotatable bonds is 4. The van der Waals surface area contributed by atoms with E-state index >= 15 is 0 Å². The second-order valence-electron chi connectivity index (χ2n) is 4.90. The zero-order valence-corrected chi connectivity index (χ0v) is 10.1. The summed E-state index contributed by atoms with van der Waals surface area (Å²) in [5, 5.41) is 3.43. The van der Waals surface area contributed by atoms with Crippen molar-refractivity contribution in [2.45, 2.75) is 58.7 Å². The maximum absolute atomic E-state index is 6.17. The molecular weight excluding hydrogens is 174 g/mol. The average molecular weight is 199 g/mol. The highest BCUT2D eigenvalue weighted by atomic mass is 16.5. The molecule has 2 nitrogen and oxygen atoms in total. The summed E-state index contributed by atoms with van der Waals surface area (Å²) in [4.78, 5) is 0. The molecule has 1 rings (SSSR count). The van der Waals surface area contributed by atoms with Crippen molar-refractivity contribution in [2.75, 3.05) is 13.1 Å². The molecule has 1 N–H and O–H groups in total. The highest BCUT2D eigenvalue weighted by molar-refractivity contribution is 4.88. The number of ether oxygens (including phenoxy) is 1. The molecule has 1 heterocycles. The third kappa shape index (κ3) is 2.96. The molecule has 0 aromatic rings. The molecule has 1 aliphatic heterocycles. The number of nitrogens with one attached hydrogen (secondary N) is 1. The van der Waals surface area contributed by atoms with Crippen LogP contribution in [-0.2, 0) is 4.74 Å². The first-order chi connectivity index (χ1) is 6.58. The van der Waals surface area contributed by atoms with Gasteiger partial charge in [0.25, 0.3) is 0 Å². The van der Waals surface area contributed by atoms with Crippen LogP contribution in [0, 0.1) is 5.92 Å². The quantitative estimate of drug-likeness (QED) is 0.751. The minimum absolute atomic E-state index is 0.0484. The van der Waals surface area contributed by atoms with Gasteiger partial charge >= 0.3 is 0 Å². The van der Waals surface area contributed by atoms with Gasteiger partial charge in [-0.3, -0.25) is 0 Å². The van der Waals surface area contributed by atoms with E-state index in [0.29, 0.717) is 12.0 Å². The van der Waals surface area contributed by atoms with Crippen LogP contribution in [0.25, 0.3) is 0 Å². The Hall–Kier alpha value is -0.0800. The Labute approximate surface area is 88.4 Å². The van der Waals surface area contributed by atoms with Crippen LogP contribution >= 0.6 is 0 Å². The van der Waals surface area contributed by atoms with Crippen LogP contribution in [0.3, 0.4) is 0 Å². The molecule has 3 atom stereocenters. The Morgan fingerprint density at radius 1 is 1.57 bits per heavy atom. The predicted octanol–water partition coefficient (Wildman–Crippen LogP) is 2.58. The van der Waals surface area contributed by atoms with Crippen molar-refractivity contribution in [1.29, 1.82) is 0 Å². The fourth-order valence-corrected chi connectivity index (χ4v) is 2.22. The van der Waals surface area contributed by atoms with Crippen LogP contribution in [0.5, 0.6) is 0 Å². The van der Waals surface area contributed by atoms with E-state index in [1.165, 1.54) is 19.3 Å². The molecule has 0 spiro atoms. The maximum atomic E-state index is 6.17. The van der Waals surface area contributed by atoms with Gasteiger partial charge in [0.15, 0.2) is 0 Å². The second kappa shape index (κ2) is 5.13. The highest BCUT2D eigenvalue weighted by Gasteiger charge is 2.35. The molecule has 0 aliphatic carbocycles. The van der Waals surface area contributed by atoms with Crippen LogP contribution in [0.1, 0.15) is 47.0 Å². The summed E-state index contributed by atoms with van der Waals surface area (Å²) < 4.78 is 6.17. The van der Waals surface area contributed by atoms with Crippen LogP contribution in [0.15, 0.2) is 0 Å². The molecule has 1 aliphatic rings. The zero-order valence-electron chi connectivity index (χ0n) is 10.1. The molecule has 1 fully saturated rings. The van der Waals surface area contributed by atoms with Gasteiger partial charge in [-0.25, -0.2) is 0 Å². The third-order valence-electron chi connectivity index (χ3n) is 3.44. The van der Waals surface area contributed by atoms with Gasteiger partial charge in [0, 0.05) is 6.54 Å². The molecule has 2 heteroatoms. The smallest absolute Gasteiger partial charge is 0.0807 e. The molecule has 0 radical (unpaired) electrons. The van der Waals surface area contributed by atoms with Crippen LogP contribution in [0.2, 0.25) is 0 Å². The van der Waals surface area contributed by atoms with Gasteiger partial charge < -0.3 is 10.1 Å². The van der Waals surface area contributed by atoms with Gasteiger partial charge in [-0.05, 0) is 39.2 Å². The van der Waals surface area contributed by atoms with Gasteiger partial charge in [0.1, 0.15) is 0 Å². The average Bonchev–Trinajstić information content (AvgIpc) is 2.10. The molecule has 0 amide bonds. The normalized spacial score (nSPS) is 35.6. The largest absolute Gasteiger partial charge is 0.371 e. The Balaban J connectivity index is 2.46. The van der Waals surface area contributed by atoms with Crippen LogP contribution in [-0.4, -0.2) is 24.8 Å². The molecule has 84 valence electrons. The maximum Gasteiger partial charge on any atom is 0.0807 e. The molecule has 1 saturated heterocycles. The van der Waals surface area contributed by atoms with Crippen molar-refractivity contribution in [2.24, 2.45) is 5.92 Å². The molecule has 0 aromatic heterocycles. The predicted molar refractivity (Wildman–Crippen MR) is 60.5 cm³/mol. The van der Waals surface area contributed by atoms with Crippen molar-refractivity contribution >= 4 is 0 Å². The Morgan fingerprint density at radius 2 is 2.29 bits per heavy atom. The van der Waals surface area contributed by atoms with Gasteiger partial charge in [0.2, 0.25) is 0 Å². The first-order valence-corrected chi connectivity index (χ1v) is 5.97. The van der Waals surface area contributed by atoms with Crippen molar-refractivity contribution in [3.8, 4) is 0 Å². The highest BCUT2D eigenvalue weighted by Crippen LogP contribution is 2.28. The van der Waals surface area contributed by atoms with E-state index in [0.717, 1.165) is 13.1 Å². The fourth-order valence-electron chi connectivity index (χ4n) is 2.22. The van der Waals surface area contributed by atoms with E-state index in [-0.39, 0.29) is 5.60 Å². The van der Waals surface area contributed by atoms with E-state index in [4.69, 9.17) is 4.74 Å². The summed E-state index contributed by atoms with van der Waals surface area (Å²) in [7, 11) is 0. The fraction of sp³-hybridized carbons (Fsp3) is 1.00. The summed E-state index contributed by atoms with van der Waals surface area (Å²) >= 11 is 0. The topological polar surface area (TPSA) is 21.3 Å². The zero-order chi connectivity index (χ0) is 10.6. The minimum atomic E-state index is 0.0484. The second-order valence-corrected chi connectivity index (χ2v) is 4.90. The SMILES string of the molecule is CCCC(C)OC1(C)CNCC[C@@H]1C. The molecule has 0 bridgehead atoms. The lowest BCUT2D eigenvalue weighted by Crippen LogP contribution is -2.52. The van der Waals surface area contributed by atoms with Crippen LogP contribution in [0.4, 0.5) is 0 Å². The summed E-state index contributed by atoms with van der Waals surface area (Å²) in [6.07, 6.45) is 4.00. The Morgan fingerprint density at radius 3 is 2.86 bits per heavy atom. The number of hydrogen-bond acceptors (Lipinski definition) is 2. The summed E-state index contributed by atoms with van der Waals surface area (Å²) in [6.45, 7) is 11.1. The first-order valence-electron chi connectivity index (χ1n) is 5.97. The van der Waals surface area contributed by atoms with E-state index in [1.54, 1.807) is 0 Å². The lowest BCUT2D eigenvalue weighted by atomic mass is 9.84. The molecule has 0 aromatic carbocycles. The molecule has 2 unspecified atom stereocenters. The van der Waals surface area contributed by atoms with Crippen molar-refractivity contribution in [3.63, 3.8) is 0 Å². The third-order valence-corrected chi connectivity index (χ3v) is 3.44. The number of piperidine rings is 1. The van der Waals surface area contributed by atoms with Gasteiger partial charge in [-0.2, -0.15) is 0 Å². The van der Waals surface area contributed by atoms with E-state index in [1.807, 2.05) is 0 Å². The van der Waals surface area contributed by atoms with Crippen molar-refractivity contribution in [1.82, 2.24) is 5.32 Å². The molecular formula is C12H25NO. The monoisotopic (exact) mass is 199 g/mol. The minimum Gasteiger partial charge on any atom is -0.371 e. The van der Waals surface area contributed by atoms with Crippen molar-refractivity contribution < 1.29 is 4.74 Å². The number of hydrogen-bond donors (Lipinski definition) is 1. The Bertz CT molecular complexity index is 172. The summed E-state index contributed by atoms with van der Waals surface area (Å²) in [5.41, 5.74) is 0.0484. The standard InChI is InChI=1S/C12H25NO/c1-5-6-11(3)14-12(4)9-13-8-7-10(12)2/h10-11,13H,5-9H2,1-4H3/t10-,11?,12?/m0/s1. The van der Waals surface area contributed by atoms with Crippen LogP contribution < -0.4 is 5.32 Å². The van der Waals surface area contributed by atoms with Gasteiger partial charge in [-0.1, -0.05) is 20.3 Å². The van der Waals surface area contributed by atoms with Crippen molar-refractivity contribution in [3.05, 3.63) is 0 Å². The van der Waals surface area contributed by atoms with E-state index in [9.17, 15) is 0 Å². The van der Waals surface area contributed by atoms with E-state index in [2.05, 4.69) is 33.0 Å². The van der Waals surface area contributed by atoms with Gasteiger partial charge in [-0.15, -0.1) is 0 Å².